The van der Waals surface area contributed by atoms with E-state index in [0.29, 0.717) is 5.88 Å². The van der Waals surface area contributed by atoms with E-state index in [4.69, 9.17) is 4.52 Å². The second kappa shape index (κ2) is 6.34. The van der Waals surface area contributed by atoms with E-state index in [1.807, 2.05) is 37.1 Å². The van der Waals surface area contributed by atoms with E-state index in [0.717, 1.165) is 5.69 Å². The van der Waals surface area contributed by atoms with Crippen molar-refractivity contribution < 1.29 is 9.32 Å². The Hall–Kier alpha value is -2.14. The maximum Gasteiger partial charge on any atom is 0.240 e. The zero-order valence-corrected chi connectivity index (χ0v) is 12.0. The number of hydrogen-bond donors (Lipinski definition) is 1. The number of rotatable bonds is 5. The molecule has 1 aromatic heterocycles. The SMILES string of the molecule is Cc1cc(NC(=O)CN(C)C(C)c2ccccc2)on1. The molecule has 0 fully saturated rings. The highest BCUT2D eigenvalue weighted by atomic mass is 16.5. The van der Waals surface area contributed by atoms with Crippen LogP contribution < -0.4 is 5.32 Å². The van der Waals surface area contributed by atoms with Crippen LogP contribution in [0.3, 0.4) is 0 Å². The van der Waals surface area contributed by atoms with Crippen LogP contribution in [0.2, 0.25) is 0 Å². The minimum atomic E-state index is -0.119. The van der Waals surface area contributed by atoms with Gasteiger partial charge in [-0.15, -0.1) is 0 Å². The first-order chi connectivity index (χ1) is 9.56. The summed E-state index contributed by atoms with van der Waals surface area (Å²) >= 11 is 0. The van der Waals surface area contributed by atoms with Crippen LogP contribution in [0, 0.1) is 6.92 Å². The number of benzene rings is 1. The molecule has 1 N–H and O–H groups in total. The Morgan fingerprint density at radius 1 is 1.40 bits per heavy atom. The van der Waals surface area contributed by atoms with Gasteiger partial charge in [-0.1, -0.05) is 35.5 Å². The lowest BCUT2D eigenvalue weighted by Gasteiger charge is -2.24. The van der Waals surface area contributed by atoms with Crippen LogP contribution in [0.25, 0.3) is 0 Å². The van der Waals surface area contributed by atoms with Gasteiger partial charge in [0.15, 0.2) is 0 Å². The molecular weight excluding hydrogens is 254 g/mol. The van der Waals surface area contributed by atoms with Gasteiger partial charge in [0.2, 0.25) is 11.8 Å². The minimum Gasteiger partial charge on any atom is -0.338 e. The van der Waals surface area contributed by atoms with E-state index < -0.39 is 0 Å². The molecule has 1 amide bonds. The molecule has 20 heavy (non-hydrogen) atoms. The highest BCUT2D eigenvalue weighted by Crippen LogP contribution is 2.18. The van der Waals surface area contributed by atoms with Gasteiger partial charge in [-0.3, -0.25) is 15.0 Å². The Morgan fingerprint density at radius 2 is 2.10 bits per heavy atom. The van der Waals surface area contributed by atoms with Gasteiger partial charge in [0, 0.05) is 12.1 Å². The number of likely N-dealkylation sites (N-methyl/N-ethyl adjacent to an activating group) is 1. The van der Waals surface area contributed by atoms with Gasteiger partial charge in [0.05, 0.1) is 12.2 Å². The molecule has 1 aromatic carbocycles. The molecule has 106 valence electrons. The van der Waals surface area contributed by atoms with E-state index in [-0.39, 0.29) is 18.5 Å². The lowest BCUT2D eigenvalue weighted by Crippen LogP contribution is -2.32. The van der Waals surface area contributed by atoms with Crippen molar-refractivity contribution in [3.63, 3.8) is 0 Å². The van der Waals surface area contributed by atoms with Crippen LogP contribution in [0.1, 0.15) is 24.2 Å². The van der Waals surface area contributed by atoms with Gasteiger partial charge >= 0.3 is 0 Å². The molecule has 2 aromatic rings. The fraction of sp³-hybridized carbons (Fsp3) is 0.333. The lowest BCUT2D eigenvalue weighted by molar-refractivity contribution is -0.117. The van der Waals surface area contributed by atoms with Crippen LogP contribution >= 0.6 is 0 Å². The van der Waals surface area contributed by atoms with Crippen molar-refractivity contribution >= 4 is 11.8 Å². The Morgan fingerprint density at radius 3 is 2.70 bits per heavy atom. The summed E-state index contributed by atoms with van der Waals surface area (Å²) in [5.41, 5.74) is 1.92. The van der Waals surface area contributed by atoms with Crippen LogP contribution in [0.4, 0.5) is 5.88 Å². The maximum atomic E-state index is 11.9. The van der Waals surface area contributed by atoms with Crippen molar-refractivity contribution in [2.24, 2.45) is 0 Å². The fourth-order valence-corrected chi connectivity index (χ4v) is 1.95. The van der Waals surface area contributed by atoms with Crippen molar-refractivity contribution in [3.05, 3.63) is 47.7 Å². The summed E-state index contributed by atoms with van der Waals surface area (Å²) in [6, 6.07) is 11.9. The molecule has 2 rings (SSSR count). The van der Waals surface area contributed by atoms with Crippen molar-refractivity contribution in [2.45, 2.75) is 19.9 Å². The summed E-state index contributed by atoms with van der Waals surface area (Å²) in [5.74, 6) is 0.264. The average molecular weight is 273 g/mol. The summed E-state index contributed by atoms with van der Waals surface area (Å²) in [6.45, 7) is 4.17. The second-order valence-electron chi connectivity index (χ2n) is 4.88. The zero-order chi connectivity index (χ0) is 14.5. The van der Waals surface area contributed by atoms with Gasteiger partial charge < -0.3 is 4.52 Å². The molecule has 1 unspecified atom stereocenters. The van der Waals surface area contributed by atoms with Crippen molar-refractivity contribution in [1.29, 1.82) is 0 Å². The summed E-state index contributed by atoms with van der Waals surface area (Å²) in [4.78, 5) is 13.9. The number of nitrogens with one attached hydrogen (secondary N) is 1. The topological polar surface area (TPSA) is 58.4 Å². The Kier molecular flexibility index (Phi) is 4.53. The first kappa shape index (κ1) is 14.3. The van der Waals surface area contributed by atoms with Gasteiger partial charge in [0.25, 0.3) is 0 Å². The molecule has 1 atom stereocenters. The molecule has 0 saturated carbocycles. The zero-order valence-electron chi connectivity index (χ0n) is 12.0. The predicted octanol–water partition coefficient (Wildman–Crippen LogP) is 2.61. The molecule has 0 bridgehead atoms. The standard InChI is InChI=1S/C15H19N3O2/c1-11-9-15(20-17-11)16-14(19)10-18(3)12(2)13-7-5-4-6-8-13/h4-9,12H,10H2,1-3H3,(H,16,19). The molecule has 0 saturated heterocycles. The van der Waals surface area contributed by atoms with E-state index in [9.17, 15) is 4.79 Å². The molecule has 0 aliphatic carbocycles. The smallest absolute Gasteiger partial charge is 0.240 e. The summed E-state index contributed by atoms with van der Waals surface area (Å²) in [5, 5.41) is 6.42. The molecule has 0 aliphatic heterocycles. The monoisotopic (exact) mass is 273 g/mol. The van der Waals surface area contributed by atoms with Crippen LogP contribution in [-0.4, -0.2) is 29.6 Å². The van der Waals surface area contributed by atoms with E-state index in [1.54, 1.807) is 6.07 Å². The number of amides is 1. The van der Waals surface area contributed by atoms with E-state index in [2.05, 4.69) is 29.5 Å². The molecule has 0 aliphatic rings. The highest BCUT2D eigenvalue weighted by molar-refractivity contribution is 5.90. The van der Waals surface area contributed by atoms with Crippen molar-refractivity contribution in [3.8, 4) is 0 Å². The first-order valence-electron chi connectivity index (χ1n) is 6.54. The van der Waals surface area contributed by atoms with Gasteiger partial charge in [-0.05, 0) is 26.5 Å². The number of hydrogen-bond acceptors (Lipinski definition) is 4. The third-order valence-electron chi connectivity index (χ3n) is 3.23. The quantitative estimate of drug-likeness (QED) is 0.909. The van der Waals surface area contributed by atoms with E-state index in [1.165, 1.54) is 5.56 Å². The Bertz CT molecular complexity index is 566. The van der Waals surface area contributed by atoms with Crippen molar-refractivity contribution in [2.75, 3.05) is 18.9 Å². The molecule has 1 heterocycles. The molecule has 5 heteroatoms. The summed E-state index contributed by atoms with van der Waals surface area (Å²) in [7, 11) is 1.92. The van der Waals surface area contributed by atoms with Crippen LogP contribution in [-0.2, 0) is 4.79 Å². The molecule has 0 spiro atoms. The lowest BCUT2D eigenvalue weighted by atomic mass is 10.1. The van der Waals surface area contributed by atoms with Gasteiger partial charge in [-0.25, -0.2) is 0 Å². The van der Waals surface area contributed by atoms with Crippen LogP contribution in [0.15, 0.2) is 40.9 Å². The Labute approximate surface area is 118 Å². The minimum absolute atomic E-state index is 0.119. The first-order valence-corrected chi connectivity index (χ1v) is 6.54. The average Bonchev–Trinajstić information content (AvgIpc) is 2.84. The van der Waals surface area contributed by atoms with Gasteiger partial charge in [0.1, 0.15) is 0 Å². The summed E-state index contributed by atoms with van der Waals surface area (Å²) < 4.78 is 4.96. The largest absolute Gasteiger partial charge is 0.338 e. The molecular formula is C15H19N3O2. The maximum absolute atomic E-state index is 11.9. The molecule has 0 radical (unpaired) electrons. The summed E-state index contributed by atoms with van der Waals surface area (Å²) in [6.07, 6.45) is 0. The number of aromatic nitrogens is 1. The van der Waals surface area contributed by atoms with Crippen LogP contribution in [0.5, 0.6) is 0 Å². The Balaban J connectivity index is 1.90. The van der Waals surface area contributed by atoms with Crippen molar-refractivity contribution in [1.82, 2.24) is 10.1 Å². The predicted molar refractivity (Wildman–Crippen MR) is 77.4 cm³/mol. The molecule has 5 nitrogen and oxygen atoms in total. The second-order valence-corrected chi connectivity index (χ2v) is 4.88. The highest BCUT2D eigenvalue weighted by Gasteiger charge is 2.15. The number of carbonyl (C=O) groups is 1. The third-order valence-corrected chi connectivity index (χ3v) is 3.23. The van der Waals surface area contributed by atoms with Gasteiger partial charge in [-0.2, -0.15) is 0 Å². The number of nitrogens with zero attached hydrogens (tertiary/aromatic N) is 2. The fourth-order valence-electron chi connectivity index (χ4n) is 1.95. The number of carbonyl (C=O) groups excluding carboxylic acids is 1. The number of aryl methyl sites for hydroxylation is 1. The number of anilines is 1. The third kappa shape index (κ3) is 3.68. The normalized spacial score (nSPS) is 12.4. The van der Waals surface area contributed by atoms with E-state index >= 15 is 0 Å².